The minimum Gasteiger partial charge on any atom is -0.370 e. The van der Waals surface area contributed by atoms with Gasteiger partial charge in [-0.05, 0) is 12.8 Å². The van der Waals surface area contributed by atoms with E-state index in [-0.39, 0.29) is 5.91 Å². The topological polar surface area (TPSA) is 98.2 Å². The molecule has 0 unspecified atom stereocenters. The average Bonchev–Trinajstić information content (AvgIpc) is 2.29. The smallest absolute Gasteiger partial charge is 0.312 e. The standard InChI is InChI=1S/C13H27N3O2/c14-12(17)10-8-6-4-2-1-3-5-7-9-11-16-13(15)18/h1-11H2,(H2,14,17)(H3,15,16,18). The van der Waals surface area contributed by atoms with E-state index in [0.29, 0.717) is 13.0 Å². The first-order valence-electron chi connectivity index (χ1n) is 6.94. The molecule has 0 saturated carbocycles. The zero-order valence-corrected chi connectivity index (χ0v) is 11.2. The first-order valence-corrected chi connectivity index (χ1v) is 6.94. The molecule has 106 valence electrons. The summed E-state index contributed by atoms with van der Waals surface area (Å²) in [6.07, 6.45) is 10.8. The van der Waals surface area contributed by atoms with Crippen LogP contribution >= 0.6 is 0 Å². The Bertz CT molecular complexity index is 208. The molecule has 0 heterocycles. The van der Waals surface area contributed by atoms with E-state index in [4.69, 9.17) is 11.5 Å². The van der Waals surface area contributed by atoms with Crippen LogP contribution in [0.5, 0.6) is 0 Å². The molecule has 0 atom stereocenters. The highest BCUT2D eigenvalue weighted by Crippen LogP contribution is 2.10. The van der Waals surface area contributed by atoms with E-state index < -0.39 is 6.03 Å². The zero-order chi connectivity index (χ0) is 13.6. The van der Waals surface area contributed by atoms with Gasteiger partial charge >= 0.3 is 6.03 Å². The lowest BCUT2D eigenvalue weighted by atomic mass is 10.1. The molecular formula is C13H27N3O2. The number of nitrogens with one attached hydrogen (secondary N) is 1. The van der Waals surface area contributed by atoms with Crippen LogP contribution in [0.2, 0.25) is 0 Å². The second-order valence-corrected chi connectivity index (χ2v) is 4.69. The third kappa shape index (κ3) is 14.7. The van der Waals surface area contributed by atoms with Crippen molar-refractivity contribution in [3.63, 3.8) is 0 Å². The lowest BCUT2D eigenvalue weighted by Crippen LogP contribution is -2.29. The van der Waals surface area contributed by atoms with Gasteiger partial charge in [-0.2, -0.15) is 0 Å². The van der Waals surface area contributed by atoms with Crippen LogP contribution in [-0.2, 0) is 4.79 Å². The Balaban J connectivity index is 2.99. The summed E-state index contributed by atoms with van der Waals surface area (Å²) in [4.78, 5) is 20.9. The normalized spacial score (nSPS) is 10.2. The van der Waals surface area contributed by atoms with Crippen molar-refractivity contribution in [1.29, 1.82) is 0 Å². The zero-order valence-electron chi connectivity index (χ0n) is 11.2. The Labute approximate surface area is 110 Å². The van der Waals surface area contributed by atoms with E-state index in [1.807, 2.05) is 0 Å². The van der Waals surface area contributed by atoms with E-state index in [9.17, 15) is 9.59 Å². The highest BCUT2D eigenvalue weighted by atomic mass is 16.2. The van der Waals surface area contributed by atoms with Crippen molar-refractivity contribution in [2.75, 3.05) is 6.54 Å². The highest BCUT2D eigenvalue weighted by Gasteiger charge is 1.96. The number of carbonyl (C=O) groups is 2. The summed E-state index contributed by atoms with van der Waals surface area (Å²) in [5.41, 5.74) is 10.0. The van der Waals surface area contributed by atoms with Gasteiger partial charge in [0, 0.05) is 13.0 Å². The van der Waals surface area contributed by atoms with Crippen LogP contribution in [0.1, 0.15) is 64.2 Å². The van der Waals surface area contributed by atoms with Crippen LogP contribution in [-0.4, -0.2) is 18.5 Å². The molecule has 5 heteroatoms. The molecule has 0 aliphatic heterocycles. The molecule has 0 radical (unpaired) electrons. The molecule has 0 aromatic rings. The van der Waals surface area contributed by atoms with Gasteiger partial charge in [0.15, 0.2) is 0 Å². The minimum absolute atomic E-state index is 0.195. The van der Waals surface area contributed by atoms with Crippen molar-refractivity contribution >= 4 is 11.9 Å². The van der Waals surface area contributed by atoms with Crippen LogP contribution in [0.3, 0.4) is 0 Å². The van der Waals surface area contributed by atoms with E-state index >= 15 is 0 Å². The monoisotopic (exact) mass is 257 g/mol. The summed E-state index contributed by atoms with van der Waals surface area (Å²) in [5, 5.41) is 2.58. The van der Waals surface area contributed by atoms with Crippen molar-refractivity contribution < 1.29 is 9.59 Å². The fourth-order valence-corrected chi connectivity index (χ4v) is 1.87. The van der Waals surface area contributed by atoms with E-state index in [2.05, 4.69) is 5.32 Å². The molecule has 0 aliphatic rings. The maximum Gasteiger partial charge on any atom is 0.312 e. The predicted octanol–water partition coefficient (Wildman–Crippen LogP) is 2.04. The number of unbranched alkanes of at least 4 members (excludes halogenated alkanes) is 8. The Kier molecular flexibility index (Phi) is 11.3. The Hall–Kier alpha value is -1.26. The van der Waals surface area contributed by atoms with Gasteiger partial charge in [-0.15, -0.1) is 0 Å². The van der Waals surface area contributed by atoms with Crippen LogP contribution in [0, 0.1) is 0 Å². The predicted molar refractivity (Wildman–Crippen MR) is 73.0 cm³/mol. The number of amides is 3. The molecule has 0 aromatic heterocycles. The molecule has 0 aromatic carbocycles. The molecule has 5 N–H and O–H groups in total. The van der Waals surface area contributed by atoms with Crippen molar-refractivity contribution in [2.45, 2.75) is 64.2 Å². The minimum atomic E-state index is -0.439. The number of urea groups is 1. The fraction of sp³-hybridized carbons (Fsp3) is 0.846. The van der Waals surface area contributed by atoms with E-state index in [1.54, 1.807) is 0 Å². The number of carbonyl (C=O) groups excluding carboxylic acids is 2. The molecule has 3 amide bonds. The lowest BCUT2D eigenvalue weighted by molar-refractivity contribution is -0.118. The number of hydrogen-bond donors (Lipinski definition) is 3. The maximum atomic E-state index is 10.5. The lowest BCUT2D eigenvalue weighted by Gasteiger charge is -2.03. The van der Waals surface area contributed by atoms with Gasteiger partial charge in [0.05, 0.1) is 0 Å². The maximum absolute atomic E-state index is 10.5. The SMILES string of the molecule is NC(=O)CCCCCCCCCCCNC(N)=O. The Morgan fingerprint density at radius 2 is 1.17 bits per heavy atom. The van der Waals surface area contributed by atoms with Crippen molar-refractivity contribution in [2.24, 2.45) is 11.5 Å². The molecule has 0 rings (SSSR count). The molecule has 0 bridgehead atoms. The number of primary amides is 2. The highest BCUT2D eigenvalue weighted by molar-refractivity contribution is 5.73. The molecular weight excluding hydrogens is 230 g/mol. The summed E-state index contributed by atoms with van der Waals surface area (Å²) >= 11 is 0. The Morgan fingerprint density at radius 1 is 0.722 bits per heavy atom. The largest absolute Gasteiger partial charge is 0.370 e. The Morgan fingerprint density at radius 3 is 1.61 bits per heavy atom. The molecule has 0 fully saturated rings. The van der Waals surface area contributed by atoms with Gasteiger partial charge in [-0.25, -0.2) is 4.79 Å². The third-order valence-corrected chi connectivity index (χ3v) is 2.90. The van der Waals surface area contributed by atoms with Gasteiger partial charge in [-0.3, -0.25) is 4.79 Å². The molecule has 18 heavy (non-hydrogen) atoms. The molecule has 0 spiro atoms. The van der Waals surface area contributed by atoms with Crippen LogP contribution in [0.4, 0.5) is 4.79 Å². The van der Waals surface area contributed by atoms with Gasteiger partial charge in [-0.1, -0.05) is 44.9 Å². The van der Waals surface area contributed by atoms with Crippen molar-refractivity contribution in [3.05, 3.63) is 0 Å². The summed E-state index contributed by atoms with van der Waals surface area (Å²) < 4.78 is 0. The molecule has 0 saturated heterocycles. The third-order valence-electron chi connectivity index (χ3n) is 2.90. The van der Waals surface area contributed by atoms with Gasteiger partial charge in [0.25, 0.3) is 0 Å². The first kappa shape index (κ1) is 16.7. The van der Waals surface area contributed by atoms with Gasteiger partial charge in [0.2, 0.25) is 5.91 Å². The van der Waals surface area contributed by atoms with Crippen LogP contribution < -0.4 is 16.8 Å². The van der Waals surface area contributed by atoms with Crippen molar-refractivity contribution in [3.8, 4) is 0 Å². The van der Waals surface area contributed by atoms with Gasteiger partial charge < -0.3 is 16.8 Å². The second-order valence-electron chi connectivity index (χ2n) is 4.69. The summed E-state index contributed by atoms with van der Waals surface area (Å²) in [6, 6.07) is -0.439. The number of nitrogens with two attached hydrogens (primary N) is 2. The van der Waals surface area contributed by atoms with E-state index in [1.165, 1.54) is 32.1 Å². The average molecular weight is 257 g/mol. The number of rotatable bonds is 12. The fourth-order valence-electron chi connectivity index (χ4n) is 1.87. The molecule has 5 nitrogen and oxygen atoms in total. The molecule has 0 aliphatic carbocycles. The van der Waals surface area contributed by atoms with Gasteiger partial charge in [0.1, 0.15) is 0 Å². The quantitative estimate of drug-likeness (QED) is 0.466. The summed E-state index contributed by atoms with van der Waals surface area (Å²) in [6.45, 7) is 0.683. The van der Waals surface area contributed by atoms with Crippen LogP contribution in [0.25, 0.3) is 0 Å². The van der Waals surface area contributed by atoms with E-state index in [0.717, 1.165) is 25.7 Å². The summed E-state index contributed by atoms with van der Waals surface area (Å²) in [5.74, 6) is -0.195. The number of hydrogen-bond acceptors (Lipinski definition) is 2. The van der Waals surface area contributed by atoms with Crippen LogP contribution in [0.15, 0.2) is 0 Å². The second kappa shape index (κ2) is 12.2. The first-order chi connectivity index (χ1) is 8.63. The summed E-state index contributed by atoms with van der Waals surface area (Å²) in [7, 11) is 0. The van der Waals surface area contributed by atoms with Crippen molar-refractivity contribution in [1.82, 2.24) is 5.32 Å².